The fraction of sp³-hybridized carbons (Fsp3) is 0.0588. The molecule has 2 unspecified atom stereocenters. The van der Waals surface area contributed by atoms with Crippen LogP contribution in [0.3, 0.4) is 0 Å². The van der Waals surface area contributed by atoms with Crippen LogP contribution < -0.4 is 15.2 Å². The highest BCUT2D eigenvalue weighted by molar-refractivity contribution is 6.08. The Balaban J connectivity index is 1.33. The number of allylic oxidation sites excluding steroid dienone is 3. The Morgan fingerprint density at radius 2 is 1.49 bits per heavy atom. The first-order chi connectivity index (χ1) is 17.3. The van der Waals surface area contributed by atoms with E-state index in [0.717, 1.165) is 11.3 Å². The second kappa shape index (κ2) is 7.07. The highest BCUT2D eigenvalue weighted by atomic mass is 16.5. The standard InChI is InChI=1S/C34H22O/c1-3-9-25-21(7-1)15-16-23-19-24(17-18-27(23)25)28-11-5-14-31-30-13-6-12-29-26-10-4-2-8-22(26)20-32(33(29)30)35-34(28)31/h1-20,32-33H. The summed E-state index contributed by atoms with van der Waals surface area (Å²) in [6.45, 7) is 0. The van der Waals surface area contributed by atoms with Gasteiger partial charge in [0.05, 0.1) is 5.92 Å². The maximum absolute atomic E-state index is 6.85. The van der Waals surface area contributed by atoms with Crippen LogP contribution in [0, 0.1) is 5.92 Å². The Bertz CT molecular complexity index is 1890. The van der Waals surface area contributed by atoms with Gasteiger partial charge in [0.2, 0.25) is 0 Å². The predicted molar refractivity (Wildman–Crippen MR) is 145 cm³/mol. The molecule has 0 bridgehead atoms. The van der Waals surface area contributed by atoms with Crippen molar-refractivity contribution in [3.05, 3.63) is 131 Å². The number of rotatable bonds is 1. The zero-order valence-electron chi connectivity index (χ0n) is 19.1. The molecule has 164 valence electrons. The lowest BCUT2D eigenvalue weighted by Gasteiger charge is -2.39. The molecule has 0 amide bonds. The maximum atomic E-state index is 6.85. The number of ether oxygens (including phenoxy) is 1. The number of hydrogen-bond donors (Lipinski definition) is 0. The fourth-order valence-corrected chi connectivity index (χ4v) is 6.21. The summed E-state index contributed by atoms with van der Waals surface area (Å²) in [5.41, 5.74) is 6.26. The van der Waals surface area contributed by atoms with Crippen LogP contribution in [0.1, 0.15) is 5.56 Å². The fourth-order valence-electron chi connectivity index (χ4n) is 6.21. The molecule has 2 aliphatic carbocycles. The quantitative estimate of drug-likeness (QED) is 0.263. The highest BCUT2D eigenvalue weighted by Crippen LogP contribution is 2.49. The molecule has 0 fully saturated rings. The third-order valence-electron chi connectivity index (χ3n) is 7.80. The van der Waals surface area contributed by atoms with Gasteiger partial charge in [-0.05, 0) is 60.8 Å². The van der Waals surface area contributed by atoms with E-state index in [1.807, 2.05) is 0 Å². The Hall–Kier alpha value is -4.36. The van der Waals surface area contributed by atoms with Crippen LogP contribution in [-0.4, -0.2) is 6.10 Å². The summed E-state index contributed by atoms with van der Waals surface area (Å²) in [4.78, 5) is 0. The van der Waals surface area contributed by atoms with Crippen molar-refractivity contribution in [2.24, 2.45) is 5.92 Å². The first kappa shape index (κ1) is 19.0. The van der Waals surface area contributed by atoms with Crippen LogP contribution in [0.2, 0.25) is 0 Å². The van der Waals surface area contributed by atoms with Crippen LogP contribution in [0.4, 0.5) is 0 Å². The molecule has 5 aromatic rings. The van der Waals surface area contributed by atoms with E-state index in [9.17, 15) is 0 Å². The Labute approximate surface area is 203 Å². The van der Waals surface area contributed by atoms with Gasteiger partial charge in [-0.25, -0.2) is 0 Å². The van der Waals surface area contributed by atoms with Gasteiger partial charge in [0.1, 0.15) is 11.9 Å². The summed E-state index contributed by atoms with van der Waals surface area (Å²) in [5.74, 6) is 1.23. The average molecular weight is 447 g/mol. The molecule has 1 heterocycles. The summed E-state index contributed by atoms with van der Waals surface area (Å²) >= 11 is 0. The molecule has 1 heteroatoms. The molecule has 3 aliphatic rings. The SMILES string of the molecule is C1=CC2=c3ccccc3=CC3Oc4c(cccc4-c4ccc5c(ccc6ccccc65)c4)C(=C1)C23. The van der Waals surface area contributed by atoms with Gasteiger partial charge in [-0.1, -0.05) is 109 Å². The molecule has 8 rings (SSSR count). The maximum Gasteiger partial charge on any atom is 0.135 e. The van der Waals surface area contributed by atoms with E-state index in [1.54, 1.807) is 0 Å². The second-order valence-electron chi connectivity index (χ2n) is 9.66. The second-order valence-corrected chi connectivity index (χ2v) is 9.66. The van der Waals surface area contributed by atoms with Gasteiger partial charge in [0.25, 0.3) is 0 Å². The Morgan fingerprint density at radius 1 is 0.657 bits per heavy atom. The molecular formula is C34H22O. The van der Waals surface area contributed by atoms with Crippen molar-refractivity contribution in [3.8, 4) is 16.9 Å². The zero-order chi connectivity index (χ0) is 22.9. The largest absolute Gasteiger partial charge is 0.484 e. The van der Waals surface area contributed by atoms with Crippen molar-refractivity contribution in [1.82, 2.24) is 0 Å². The van der Waals surface area contributed by atoms with Crippen molar-refractivity contribution in [1.29, 1.82) is 0 Å². The summed E-state index contributed by atoms with van der Waals surface area (Å²) in [6.07, 6.45) is 9.04. The summed E-state index contributed by atoms with van der Waals surface area (Å²) in [5, 5.41) is 7.68. The van der Waals surface area contributed by atoms with Gasteiger partial charge >= 0.3 is 0 Å². The van der Waals surface area contributed by atoms with Crippen LogP contribution >= 0.6 is 0 Å². The smallest absolute Gasteiger partial charge is 0.135 e. The van der Waals surface area contributed by atoms with Crippen molar-refractivity contribution >= 4 is 38.8 Å². The normalized spacial score (nSPS) is 19.3. The van der Waals surface area contributed by atoms with E-state index in [4.69, 9.17) is 4.74 Å². The summed E-state index contributed by atoms with van der Waals surface area (Å²) in [7, 11) is 0. The lowest BCUT2D eigenvalue weighted by Crippen LogP contribution is -2.43. The molecule has 0 saturated carbocycles. The molecule has 35 heavy (non-hydrogen) atoms. The van der Waals surface area contributed by atoms with Crippen LogP contribution in [0.5, 0.6) is 5.75 Å². The Morgan fingerprint density at radius 3 is 2.49 bits per heavy atom. The van der Waals surface area contributed by atoms with Gasteiger partial charge in [-0.2, -0.15) is 0 Å². The molecule has 0 spiro atoms. The lowest BCUT2D eigenvalue weighted by molar-refractivity contribution is 0.233. The molecule has 2 atom stereocenters. The van der Waals surface area contributed by atoms with Gasteiger partial charge in [-0.15, -0.1) is 0 Å². The molecule has 0 saturated heterocycles. The predicted octanol–water partition coefficient (Wildman–Crippen LogP) is 6.64. The average Bonchev–Trinajstić information content (AvgIpc) is 2.92. The van der Waals surface area contributed by atoms with E-state index in [2.05, 4.69) is 121 Å². The molecule has 5 aromatic carbocycles. The third kappa shape index (κ3) is 2.70. The third-order valence-corrected chi connectivity index (χ3v) is 7.80. The van der Waals surface area contributed by atoms with Crippen molar-refractivity contribution in [2.75, 3.05) is 0 Å². The number of fused-ring (bicyclic) bond motifs is 6. The lowest BCUT2D eigenvalue weighted by atomic mass is 9.74. The van der Waals surface area contributed by atoms with Crippen molar-refractivity contribution in [2.45, 2.75) is 6.10 Å². The zero-order valence-corrected chi connectivity index (χ0v) is 19.1. The topological polar surface area (TPSA) is 9.23 Å². The molecule has 0 aromatic heterocycles. The first-order valence-electron chi connectivity index (χ1n) is 12.3. The molecular weight excluding hydrogens is 424 g/mol. The van der Waals surface area contributed by atoms with Crippen molar-refractivity contribution in [3.63, 3.8) is 0 Å². The van der Waals surface area contributed by atoms with E-state index in [0.29, 0.717) is 0 Å². The van der Waals surface area contributed by atoms with Gasteiger partial charge in [-0.3, -0.25) is 0 Å². The van der Waals surface area contributed by atoms with Gasteiger partial charge in [0, 0.05) is 11.1 Å². The van der Waals surface area contributed by atoms with Crippen molar-refractivity contribution < 1.29 is 4.74 Å². The minimum atomic E-state index is -0.00542. The van der Waals surface area contributed by atoms with Crippen LogP contribution in [-0.2, 0) is 0 Å². The van der Waals surface area contributed by atoms with E-state index in [-0.39, 0.29) is 12.0 Å². The van der Waals surface area contributed by atoms with E-state index >= 15 is 0 Å². The Kier molecular flexibility index (Phi) is 3.84. The first-order valence-corrected chi connectivity index (χ1v) is 12.3. The molecule has 0 N–H and O–H groups in total. The van der Waals surface area contributed by atoms with E-state index in [1.165, 1.54) is 54.3 Å². The minimum absolute atomic E-state index is 0.00542. The minimum Gasteiger partial charge on any atom is -0.484 e. The number of hydrogen-bond acceptors (Lipinski definition) is 1. The summed E-state index contributed by atoms with van der Waals surface area (Å²) in [6, 6.07) is 35.1. The molecule has 1 nitrogen and oxygen atoms in total. The monoisotopic (exact) mass is 446 g/mol. The number of benzene rings is 5. The van der Waals surface area contributed by atoms with Gasteiger partial charge in [0.15, 0.2) is 0 Å². The summed E-state index contributed by atoms with van der Waals surface area (Å²) < 4.78 is 6.85. The molecule has 0 radical (unpaired) electrons. The van der Waals surface area contributed by atoms with Crippen LogP contribution in [0.25, 0.3) is 49.9 Å². The molecule has 1 aliphatic heterocycles. The van der Waals surface area contributed by atoms with Crippen LogP contribution in [0.15, 0.2) is 115 Å². The highest BCUT2D eigenvalue weighted by Gasteiger charge is 2.38. The van der Waals surface area contributed by atoms with E-state index < -0.39 is 0 Å². The number of para-hydroxylation sites is 1. The van der Waals surface area contributed by atoms with Gasteiger partial charge < -0.3 is 4.74 Å².